The highest BCUT2D eigenvalue weighted by atomic mass is 16.6. The summed E-state index contributed by atoms with van der Waals surface area (Å²) in [4.78, 5) is 24.3. The normalized spacial score (nSPS) is 10.9. The molecule has 0 fully saturated rings. The van der Waals surface area contributed by atoms with Crippen molar-refractivity contribution < 1.29 is 38.0 Å². The third-order valence-electron chi connectivity index (χ3n) is 6.27. The first-order chi connectivity index (χ1) is 19.5. The molecule has 0 spiro atoms. The molecule has 0 aliphatic heterocycles. The van der Waals surface area contributed by atoms with Crippen LogP contribution in [0.1, 0.15) is 11.1 Å². The Bertz CT molecular complexity index is 1320. The number of methoxy groups -OCH3 is 2. The van der Waals surface area contributed by atoms with E-state index in [0.717, 1.165) is 44.2 Å². The molecule has 0 aromatic heterocycles. The van der Waals surface area contributed by atoms with Gasteiger partial charge in [-0.2, -0.15) is 0 Å². The van der Waals surface area contributed by atoms with E-state index in [-0.39, 0.29) is 51.2 Å². The number of hydrogen-bond acceptors (Lipinski definition) is 8. The van der Waals surface area contributed by atoms with Crippen LogP contribution in [0, 0.1) is 0 Å². The molecule has 8 heteroatoms. The number of fused-ring (bicyclic) bond motifs is 2. The van der Waals surface area contributed by atoms with Crippen molar-refractivity contribution in [1.29, 1.82) is 0 Å². The first-order valence-corrected chi connectivity index (χ1v) is 13.1. The summed E-state index contributed by atoms with van der Waals surface area (Å²) >= 11 is 0. The molecule has 210 valence electrons. The molecule has 0 N–H and O–H groups in total. The van der Waals surface area contributed by atoms with Gasteiger partial charge >= 0.3 is 11.9 Å². The van der Waals surface area contributed by atoms with Gasteiger partial charge in [0, 0.05) is 0 Å². The summed E-state index contributed by atoms with van der Waals surface area (Å²) < 4.78 is 31.9. The molecule has 0 atom stereocenters. The largest absolute Gasteiger partial charge is 0.497 e. The van der Waals surface area contributed by atoms with E-state index in [4.69, 9.17) is 28.4 Å². The van der Waals surface area contributed by atoms with Crippen LogP contribution >= 0.6 is 0 Å². The molecule has 4 aromatic carbocycles. The lowest BCUT2D eigenvalue weighted by Crippen LogP contribution is -2.16. The van der Waals surface area contributed by atoms with Gasteiger partial charge in [-0.3, -0.25) is 9.59 Å². The van der Waals surface area contributed by atoms with Crippen LogP contribution in [0.5, 0.6) is 11.5 Å². The minimum absolute atomic E-state index is 0.170. The lowest BCUT2D eigenvalue weighted by atomic mass is 10.0. The maximum Gasteiger partial charge on any atom is 0.310 e. The third kappa shape index (κ3) is 8.69. The highest BCUT2D eigenvalue weighted by Crippen LogP contribution is 2.23. The number of ether oxygens (including phenoxy) is 6. The van der Waals surface area contributed by atoms with Crippen LogP contribution in [0.4, 0.5) is 0 Å². The van der Waals surface area contributed by atoms with E-state index in [1.807, 2.05) is 72.8 Å². The van der Waals surface area contributed by atoms with Crippen LogP contribution in [-0.4, -0.2) is 65.8 Å². The maximum absolute atomic E-state index is 12.1. The molecule has 0 aliphatic rings. The molecule has 0 unspecified atom stereocenters. The third-order valence-corrected chi connectivity index (χ3v) is 6.27. The fraction of sp³-hybridized carbons (Fsp3) is 0.312. The van der Waals surface area contributed by atoms with E-state index in [1.165, 1.54) is 0 Å². The Hall–Kier alpha value is -4.14. The molecule has 4 aromatic rings. The molecule has 4 rings (SSSR count). The smallest absolute Gasteiger partial charge is 0.310 e. The van der Waals surface area contributed by atoms with Crippen molar-refractivity contribution in [3.05, 3.63) is 83.9 Å². The van der Waals surface area contributed by atoms with Gasteiger partial charge in [0.05, 0.1) is 53.5 Å². The van der Waals surface area contributed by atoms with Gasteiger partial charge < -0.3 is 28.4 Å². The van der Waals surface area contributed by atoms with Crippen LogP contribution in [0.15, 0.2) is 72.8 Å². The zero-order valence-electron chi connectivity index (χ0n) is 22.9. The second kappa shape index (κ2) is 14.9. The summed E-state index contributed by atoms with van der Waals surface area (Å²) in [5.74, 6) is 0.976. The quantitative estimate of drug-likeness (QED) is 0.153. The second-order valence-electron chi connectivity index (χ2n) is 9.11. The fourth-order valence-electron chi connectivity index (χ4n) is 4.21. The molecular weight excluding hydrogens is 512 g/mol. The number of rotatable bonds is 15. The Labute approximate surface area is 233 Å². The molecule has 0 saturated heterocycles. The van der Waals surface area contributed by atoms with Crippen molar-refractivity contribution in [3.8, 4) is 11.5 Å². The summed E-state index contributed by atoms with van der Waals surface area (Å²) in [5.41, 5.74) is 1.77. The Morgan fingerprint density at radius 1 is 0.500 bits per heavy atom. The molecule has 0 amide bonds. The summed E-state index contributed by atoms with van der Waals surface area (Å²) in [5, 5.41) is 4.17. The van der Waals surface area contributed by atoms with Crippen molar-refractivity contribution in [2.45, 2.75) is 12.8 Å². The first-order valence-electron chi connectivity index (χ1n) is 13.1. The van der Waals surface area contributed by atoms with Gasteiger partial charge in [0.1, 0.15) is 24.7 Å². The molecule has 0 bridgehead atoms. The minimum Gasteiger partial charge on any atom is -0.497 e. The Kier molecular flexibility index (Phi) is 10.7. The second-order valence-corrected chi connectivity index (χ2v) is 9.11. The number of benzene rings is 4. The number of hydrogen-bond donors (Lipinski definition) is 0. The molecule has 0 heterocycles. The molecule has 8 nitrogen and oxygen atoms in total. The van der Waals surface area contributed by atoms with Gasteiger partial charge in [-0.15, -0.1) is 0 Å². The van der Waals surface area contributed by atoms with Gasteiger partial charge in [-0.1, -0.05) is 48.5 Å². The summed E-state index contributed by atoms with van der Waals surface area (Å²) in [7, 11) is 3.27. The van der Waals surface area contributed by atoms with E-state index in [9.17, 15) is 9.59 Å². The monoisotopic (exact) mass is 546 g/mol. The number of carbonyl (C=O) groups is 2. The first kappa shape index (κ1) is 28.9. The van der Waals surface area contributed by atoms with E-state index in [0.29, 0.717) is 13.2 Å². The predicted octanol–water partition coefficient (Wildman–Crippen LogP) is 4.92. The Morgan fingerprint density at radius 3 is 1.30 bits per heavy atom. The standard InChI is InChI=1S/C32H34O8/c1-35-29-9-7-25-17-23(3-5-27(25)21-29)19-31(33)39-15-13-37-11-12-38-14-16-40-32(34)20-24-4-6-28-22-30(36-2)10-8-26(28)18-24/h3-10,17-18,21-22H,11-16,19-20H2,1-2H3. The maximum atomic E-state index is 12.1. The van der Waals surface area contributed by atoms with Crippen molar-refractivity contribution in [1.82, 2.24) is 0 Å². The zero-order chi connectivity index (χ0) is 28.2. The van der Waals surface area contributed by atoms with Crippen molar-refractivity contribution in [3.63, 3.8) is 0 Å². The Balaban J connectivity index is 1.02. The summed E-state index contributed by atoms with van der Waals surface area (Å²) in [6, 6.07) is 23.3. The fourth-order valence-corrected chi connectivity index (χ4v) is 4.21. The van der Waals surface area contributed by atoms with Crippen molar-refractivity contribution in [2.75, 3.05) is 53.9 Å². The zero-order valence-corrected chi connectivity index (χ0v) is 22.9. The highest BCUT2D eigenvalue weighted by molar-refractivity contribution is 5.86. The number of esters is 2. The van der Waals surface area contributed by atoms with Crippen LogP contribution < -0.4 is 9.47 Å². The summed E-state index contributed by atoms with van der Waals surface area (Å²) in [6.45, 7) is 1.59. The van der Waals surface area contributed by atoms with Crippen LogP contribution in [-0.2, 0) is 41.4 Å². The topological polar surface area (TPSA) is 89.5 Å². The average Bonchev–Trinajstić information content (AvgIpc) is 2.97. The molecule has 0 saturated carbocycles. The van der Waals surface area contributed by atoms with Gasteiger partial charge in [0.15, 0.2) is 0 Å². The predicted molar refractivity (Wildman–Crippen MR) is 152 cm³/mol. The lowest BCUT2D eigenvalue weighted by molar-refractivity contribution is -0.146. The van der Waals surface area contributed by atoms with Gasteiger partial charge in [-0.05, 0) is 56.9 Å². The van der Waals surface area contributed by atoms with Gasteiger partial charge in [0.2, 0.25) is 0 Å². The van der Waals surface area contributed by atoms with E-state index < -0.39 is 0 Å². The summed E-state index contributed by atoms with van der Waals surface area (Å²) in [6.07, 6.45) is 0.389. The van der Waals surface area contributed by atoms with Crippen molar-refractivity contribution >= 4 is 33.5 Å². The SMILES string of the molecule is COc1ccc2cc(CC(=O)OCCOCCOCCOC(=O)Cc3ccc4cc(OC)ccc4c3)ccc2c1. The number of carbonyl (C=O) groups excluding carboxylic acids is 2. The van der Waals surface area contributed by atoms with Gasteiger partial charge in [-0.25, -0.2) is 0 Å². The Morgan fingerprint density at radius 2 is 0.875 bits per heavy atom. The average molecular weight is 547 g/mol. The molecule has 40 heavy (non-hydrogen) atoms. The van der Waals surface area contributed by atoms with Crippen molar-refractivity contribution in [2.24, 2.45) is 0 Å². The van der Waals surface area contributed by atoms with Crippen LogP contribution in [0.2, 0.25) is 0 Å². The van der Waals surface area contributed by atoms with E-state index in [1.54, 1.807) is 14.2 Å². The van der Waals surface area contributed by atoms with E-state index >= 15 is 0 Å². The molecular formula is C32H34O8. The molecule has 0 aliphatic carbocycles. The van der Waals surface area contributed by atoms with E-state index in [2.05, 4.69) is 0 Å². The highest BCUT2D eigenvalue weighted by Gasteiger charge is 2.08. The van der Waals surface area contributed by atoms with Crippen LogP contribution in [0.25, 0.3) is 21.5 Å². The van der Waals surface area contributed by atoms with Gasteiger partial charge in [0.25, 0.3) is 0 Å². The molecule has 0 radical (unpaired) electrons. The lowest BCUT2D eigenvalue weighted by Gasteiger charge is -2.09. The minimum atomic E-state index is -0.307. The van der Waals surface area contributed by atoms with Crippen LogP contribution in [0.3, 0.4) is 0 Å².